The second-order valence-corrected chi connectivity index (χ2v) is 4.39. The van der Waals surface area contributed by atoms with Crippen molar-refractivity contribution in [3.05, 3.63) is 0 Å². The molecule has 1 unspecified atom stereocenters. The highest BCUT2D eigenvalue weighted by molar-refractivity contribution is 5.84. The van der Waals surface area contributed by atoms with E-state index in [1.165, 1.54) is 0 Å². The Morgan fingerprint density at radius 2 is 2.07 bits per heavy atom. The van der Waals surface area contributed by atoms with Gasteiger partial charge in [0.15, 0.2) is 0 Å². The summed E-state index contributed by atoms with van der Waals surface area (Å²) in [6, 6.07) is 0. The first kappa shape index (κ1) is 9.87. The van der Waals surface area contributed by atoms with E-state index in [-0.39, 0.29) is 13.0 Å². The number of hydrogen-bond acceptors (Lipinski definition) is 1. The minimum absolute atomic E-state index is 0.0243. The summed E-state index contributed by atoms with van der Waals surface area (Å²) < 4.78 is 26.3. The minimum Gasteiger partial charge on any atom is -0.387 e. The van der Waals surface area contributed by atoms with Crippen LogP contribution < -0.4 is 5.73 Å². The van der Waals surface area contributed by atoms with Crippen molar-refractivity contribution < 1.29 is 8.78 Å². The Kier molecular flexibility index (Phi) is 2.45. The first-order chi connectivity index (χ1) is 6.59. The fraction of sp³-hybridized carbons (Fsp3) is 0.900. The average Bonchev–Trinajstić information content (AvgIpc) is 2.88. The zero-order valence-corrected chi connectivity index (χ0v) is 8.18. The molecular weight excluding hydrogens is 186 g/mol. The predicted molar refractivity (Wildman–Crippen MR) is 51.5 cm³/mol. The van der Waals surface area contributed by atoms with Crippen LogP contribution in [0.4, 0.5) is 8.78 Å². The summed E-state index contributed by atoms with van der Waals surface area (Å²) in [5, 5.41) is 0. The molecule has 0 amide bonds. The Labute approximate surface area is 82.6 Å². The van der Waals surface area contributed by atoms with Gasteiger partial charge in [-0.2, -0.15) is 0 Å². The van der Waals surface area contributed by atoms with Crippen molar-refractivity contribution in [3.63, 3.8) is 0 Å². The monoisotopic (exact) mass is 202 g/mol. The number of nitrogens with two attached hydrogens (primary N) is 1. The van der Waals surface area contributed by atoms with E-state index in [2.05, 4.69) is 4.99 Å². The van der Waals surface area contributed by atoms with Crippen molar-refractivity contribution in [2.75, 3.05) is 6.54 Å². The summed E-state index contributed by atoms with van der Waals surface area (Å²) in [4.78, 5) is 4.08. The van der Waals surface area contributed by atoms with E-state index in [0.717, 1.165) is 12.8 Å². The van der Waals surface area contributed by atoms with Gasteiger partial charge in [-0.25, -0.2) is 8.78 Å². The highest BCUT2D eigenvalue weighted by Crippen LogP contribution is 2.40. The molecule has 0 heterocycles. The molecule has 0 aromatic rings. The summed E-state index contributed by atoms with van der Waals surface area (Å²) in [6.45, 7) is 0.218. The zero-order valence-electron chi connectivity index (χ0n) is 8.18. The molecule has 0 aliphatic heterocycles. The van der Waals surface area contributed by atoms with Crippen LogP contribution in [0.5, 0.6) is 0 Å². The van der Waals surface area contributed by atoms with Crippen LogP contribution in [-0.4, -0.2) is 18.3 Å². The Balaban J connectivity index is 1.87. The standard InChI is InChI=1S/C10H16F2N2/c11-10(12)5-1-2-8(10)6-14-9(13)7-3-4-7/h7-8H,1-6H2,(H2,13,14). The molecule has 0 saturated heterocycles. The molecule has 0 aromatic carbocycles. The molecule has 0 aromatic heterocycles. The molecule has 4 heteroatoms. The quantitative estimate of drug-likeness (QED) is 0.553. The summed E-state index contributed by atoms with van der Waals surface area (Å²) in [6.07, 6.45) is 3.40. The van der Waals surface area contributed by atoms with Crippen LogP contribution in [0.2, 0.25) is 0 Å². The highest BCUT2D eigenvalue weighted by atomic mass is 19.3. The van der Waals surface area contributed by atoms with Crippen LogP contribution in [0, 0.1) is 11.8 Å². The number of amidine groups is 1. The van der Waals surface area contributed by atoms with Gasteiger partial charge in [0.05, 0.1) is 5.84 Å². The van der Waals surface area contributed by atoms with Crippen LogP contribution in [-0.2, 0) is 0 Å². The Morgan fingerprint density at radius 1 is 1.36 bits per heavy atom. The molecule has 0 spiro atoms. The maximum Gasteiger partial charge on any atom is 0.252 e. The van der Waals surface area contributed by atoms with Gasteiger partial charge in [0, 0.05) is 24.8 Å². The topological polar surface area (TPSA) is 38.4 Å². The second-order valence-electron chi connectivity index (χ2n) is 4.39. The SMILES string of the molecule is NC(=NCC1CCCC1(F)F)C1CC1. The molecular formula is C10H16F2N2. The first-order valence-electron chi connectivity index (χ1n) is 5.27. The first-order valence-corrected chi connectivity index (χ1v) is 5.27. The molecule has 2 rings (SSSR count). The predicted octanol–water partition coefficient (Wildman–Crippen LogP) is 2.19. The zero-order chi connectivity index (χ0) is 10.2. The highest BCUT2D eigenvalue weighted by Gasteiger charge is 2.43. The van der Waals surface area contributed by atoms with Crippen LogP contribution in [0.1, 0.15) is 32.1 Å². The largest absolute Gasteiger partial charge is 0.387 e. The van der Waals surface area contributed by atoms with E-state index < -0.39 is 11.8 Å². The normalized spacial score (nSPS) is 32.1. The van der Waals surface area contributed by atoms with Crippen LogP contribution >= 0.6 is 0 Å². The van der Waals surface area contributed by atoms with Crippen molar-refractivity contribution in [1.82, 2.24) is 0 Å². The molecule has 2 nitrogen and oxygen atoms in total. The van der Waals surface area contributed by atoms with Gasteiger partial charge in [0.1, 0.15) is 0 Å². The van der Waals surface area contributed by atoms with Gasteiger partial charge >= 0.3 is 0 Å². The number of alkyl halides is 2. The fourth-order valence-corrected chi connectivity index (χ4v) is 1.95. The lowest BCUT2D eigenvalue weighted by molar-refractivity contribution is -0.0330. The molecule has 2 saturated carbocycles. The molecule has 2 fully saturated rings. The lowest BCUT2D eigenvalue weighted by Gasteiger charge is -2.16. The van der Waals surface area contributed by atoms with Gasteiger partial charge in [-0.15, -0.1) is 0 Å². The number of rotatable bonds is 3. The fourth-order valence-electron chi connectivity index (χ4n) is 1.95. The molecule has 2 aliphatic carbocycles. The number of halogens is 2. The number of hydrogen-bond donors (Lipinski definition) is 1. The number of aliphatic imine (C=N–C) groups is 1. The van der Waals surface area contributed by atoms with Gasteiger partial charge in [-0.05, 0) is 25.7 Å². The smallest absolute Gasteiger partial charge is 0.252 e. The van der Waals surface area contributed by atoms with Crippen LogP contribution in [0.25, 0.3) is 0 Å². The molecule has 0 bridgehead atoms. The maximum atomic E-state index is 13.2. The minimum atomic E-state index is -2.51. The van der Waals surface area contributed by atoms with E-state index in [0.29, 0.717) is 24.6 Å². The summed E-state index contributed by atoms with van der Waals surface area (Å²) in [5.41, 5.74) is 5.65. The van der Waals surface area contributed by atoms with E-state index >= 15 is 0 Å². The van der Waals surface area contributed by atoms with Crippen molar-refractivity contribution in [1.29, 1.82) is 0 Å². The van der Waals surface area contributed by atoms with Crippen molar-refractivity contribution in [2.45, 2.75) is 38.0 Å². The Hall–Kier alpha value is -0.670. The van der Waals surface area contributed by atoms with Gasteiger partial charge in [-0.1, -0.05) is 0 Å². The van der Waals surface area contributed by atoms with E-state index in [9.17, 15) is 8.78 Å². The van der Waals surface area contributed by atoms with Crippen molar-refractivity contribution in [2.24, 2.45) is 22.6 Å². The summed E-state index contributed by atoms with van der Waals surface area (Å²) >= 11 is 0. The third kappa shape index (κ3) is 2.04. The average molecular weight is 202 g/mol. The third-order valence-electron chi connectivity index (χ3n) is 3.15. The molecule has 1 atom stereocenters. The van der Waals surface area contributed by atoms with Crippen LogP contribution in [0.3, 0.4) is 0 Å². The molecule has 2 aliphatic rings. The lowest BCUT2D eigenvalue weighted by Crippen LogP contribution is -2.25. The summed E-state index contributed by atoms with van der Waals surface area (Å²) in [5.74, 6) is -2.09. The molecule has 80 valence electrons. The van der Waals surface area contributed by atoms with E-state index in [1.807, 2.05) is 0 Å². The number of nitrogens with zero attached hydrogens (tertiary/aromatic N) is 1. The van der Waals surface area contributed by atoms with Gasteiger partial charge in [-0.3, -0.25) is 4.99 Å². The lowest BCUT2D eigenvalue weighted by atomic mass is 10.1. The second kappa shape index (κ2) is 3.48. The van der Waals surface area contributed by atoms with Gasteiger partial charge < -0.3 is 5.73 Å². The summed E-state index contributed by atoms with van der Waals surface area (Å²) in [7, 11) is 0. The van der Waals surface area contributed by atoms with Gasteiger partial charge in [0.25, 0.3) is 5.92 Å². The van der Waals surface area contributed by atoms with Crippen molar-refractivity contribution in [3.8, 4) is 0 Å². The molecule has 0 radical (unpaired) electrons. The van der Waals surface area contributed by atoms with E-state index in [1.54, 1.807) is 0 Å². The third-order valence-corrected chi connectivity index (χ3v) is 3.15. The maximum absolute atomic E-state index is 13.2. The van der Waals surface area contributed by atoms with Crippen LogP contribution in [0.15, 0.2) is 4.99 Å². The Morgan fingerprint density at radius 3 is 2.57 bits per heavy atom. The van der Waals surface area contributed by atoms with Gasteiger partial charge in [0.2, 0.25) is 0 Å². The van der Waals surface area contributed by atoms with E-state index in [4.69, 9.17) is 5.73 Å². The molecule has 2 N–H and O–H groups in total. The Bertz CT molecular complexity index is 247. The van der Waals surface area contributed by atoms with Crippen molar-refractivity contribution >= 4 is 5.84 Å². The molecule has 14 heavy (non-hydrogen) atoms.